The number of urea groups is 1. The fourth-order valence-electron chi connectivity index (χ4n) is 4.31. The molecule has 1 aliphatic rings. The number of nitrogens with zero attached hydrogens (tertiary/aromatic N) is 2. The Bertz CT molecular complexity index is 1120. The van der Waals surface area contributed by atoms with E-state index in [4.69, 9.17) is 4.74 Å². The van der Waals surface area contributed by atoms with Crippen LogP contribution in [0.1, 0.15) is 49.9 Å². The van der Waals surface area contributed by atoms with E-state index in [2.05, 4.69) is 54.7 Å². The van der Waals surface area contributed by atoms with Gasteiger partial charge in [-0.05, 0) is 47.1 Å². The second-order valence-electron chi connectivity index (χ2n) is 9.55. The van der Waals surface area contributed by atoms with Gasteiger partial charge in [0.2, 0.25) is 0 Å². The average Bonchev–Trinajstić information content (AvgIpc) is 3.31. The van der Waals surface area contributed by atoms with Crippen LogP contribution < -0.4 is 10.6 Å². The third-order valence-corrected chi connectivity index (χ3v) is 5.99. The van der Waals surface area contributed by atoms with E-state index in [-0.39, 0.29) is 24.1 Å². The number of aliphatic hydroxyl groups is 1. The van der Waals surface area contributed by atoms with E-state index in [0.717, 1.165) is 23.7 Å². The van der Waals surface area contributed by atoms with Crippen LogP contribution in [0.2, 0.25) is 0 Å². The molecule has 2 atom stereocenters. The summed E-state index contributed by atoms with van der Waals surface area (Å²) >= 11 is 0. The maximum atomic E-state index is 12.8. The molecule has 3 aromatic rings. The van der Waals surface area contributed by atoms with Gasteiger partial charge >= 0.3 is 6.03 Å². The van der Waals surface area contributed by atoms with Crippen molar-refractivity contribution < 1.29 is 14.6 Å². The molecule has 1 heterocycles. The van der Waals surface area contributed by atoms with Crippen LogP contribution in [-0.4, -0.2) is 40.7 Å². The Hall–Kier alpha value is -2.90. The lowest BCUT2D eigenvalue weighted by atomic mass is 9.85. The number of hydrogen-bond acceptors (Lipinski definition) is 4. The van der Waals surface area contributed by atoms with Gasteiger partial charge in [0.1, 0.15) is 0 Å². The number of carbonyl (C=O) groups is 1. The molecule has 0 saturated carbocycles. The first-order valence-corrected chi connectivity index (χ1v) is 11.1. The number of fused-ring (bicyclic) bond motifs is 2. The summed E-state index contributed by atoms with van der Waals surface area (Å²) in [4.78, 5) is 12.8. The molecule has 1 aliphatic carbocycles. The van der Waals surface area contributed by atoms with Gasteiger partial charge in [0.15, 0.2) is 0 Å². The van der Waals surface area contributed by atoms with Crippen LogP contribution in [0.3, 0.4) is 0 Å². The van der Waals surface area contributed by atoms with Crippen LogP contribution in [0.25, 0.3) is 10.9 Å². The lowest BCUT2D eigenvalue weighted by Crippen LogP contribution is -2.31. The summed E-state index contributed by atoms with van der Waals surface area (Å²) in [6.45, 7) is 7.21. The Labute approximate surface area is 188 Å². The van der Waals surface area contributed by atoms with Crippen molar-refractivity contribution in [2.24, 2.45) is 0 Å². The van der Waals surface area contributed by atoms with Gasteiger partial charge in [-0.3, -0.25) is 4.68 Å². The lowest BCUT2D eigenvalue weighted by molar-refractivity contribution is 0.0515. The number of aryl methyl sites for hydroxylation is 1. The maximum Gasteiger partial charge on any atom is 0.319 e. The first-order valence-electron chi connectivity index (χ1n) is 11.1. The minimum Gasteiger partial charge on any atom is -0.389 e. The van der Waals surface area contributed by atoms with Gasteiger partial charge in [0.05, 0.1) is 36.5 Å². The Balaban J connectivity index is 1.46. The van der Waals surface area contributed by atoms with E-state index in [1.807, 2.05) is 24.4 Å². The highest BCUT2D eigenvalue weighted by Gasteiger charge is 2.26. The molecule has 1 unspecified atom stereocenters. The van der Waals surface area contributed by atoms with Gasteiger partial charge in [-0.1, -0.05) is 45.0 Å². The van der Waals surface area contributed by atoms with Crippen molar-refractivity contribution in [1.82, 2.24) is 15.1 Å². The lowest BCUT2D eigenvalue weighted by Gasteiger charge is -2.21. The van der Waals surface area contributed by atoms with Crippen molar-refractivity contribution in [3.05, 3.63) is 59.3 Å². The summed E-state index contributed by atoms with van der Waals surface area (Å²) in [5.41, 5.74) is 5.40. The number of aliphatic hydroxyl groups excluding tert-OH is 1. The number of methoxy groups -OCH3 is 1. The summed E-state index contributed by atoms with van der Waals surface area (Å²) in [5.74, 6) is 0. The molecular formula is C25H32N4O3. The molecule has 1 aromatic heterocycles. The molecule has 32 heavy (non-hydrogen) atoms. The first kappa shape index (κ1) is 22.3. The quantitative estimate of drug-likeness (QED) is 0.542. The Morgan fingerprint density at radius 3 is 2.88 bits per heavy atom. The van der Waals surface area contributed by atoms with Crippen LogP contribution in [0.4, 0.5) is 10.5 Å². The predicted octanol–water partition coefficient (Wildman–Crippen LogP) is 4.15. The van der Waals surface area contributed by atoms with Crippen molar-refractivity contribution in [1.29, 1.82) is 0 Å². The molecule has 4 rings (SSSR count). The number of rotatable bonds is 6. The van der Waals surface area contributed by atoms with Gasteiger partial charge in [-0.25, -0.2) is 4.79 Å². The van der Waals surface area contributed by atoms with Gasteiger partial charge in [0.25, 0.3) is 0 Å². The topological polar surface area (TPSA) is 88.4 Å². The zero-order valence-corrected chi connectivity index (χ0v) is 19.2. The number of nitrogens with one attached hydrogen (secondary N) is 2. The van der Waals surface area contributed by atoms with E-state index in [1.165, 1.54) is 16.7 Å². The van der Waals surface area contributed by atoms with E-state index >= 15 is 0 Å². The van der Waals surface area contributed by atoms with E-state index in [1.54, 1.807) is 11.8 Å². The number of ether oxygens (including phenoxy) is 1. The molecule has 7 nitrogen and oxygen atoms in total. The number of hydrogen-bond donors (Lipinski definition) is 3. The zero-order valence-electron chi connectivity index (χ0n) is 19.2. The largest absolute Gasteiger partial charge is 0.389 e. The monoisotopic (exact) mass is 436 g/mol. The van der Waals surface area contributed by atoms with Gasteiger partial charge in [-0.15, -0.1) is 0 Å². The van der Waals surface area contributed by atoms with E-state index in [0.29, 0.717) is 12.2 Å². The number of aromatic nitrogens is 2. The Kier molecular flexibility index (Phi) is 6.22. The van der Waals surface area contributed by atoms with Gasteiger partial charge in [-0.2, -0.15) is 5.10 Å². The van der Waals surface area contributed by atoms with E-state index < -0.39 is 6.10 Å². The minimum atomic E-state index is -0.643. The second-order valence-corrected chi connectivity index (χ2v) is 9.55. The number of anilines is 1. The first-order chi connectivity index (χ1) is 15.2. The number of amides is 2. The maximum absolute atomic E-state index is 12.8. The SMILES string of the molecule is COCC(O)Cn1cc2c(NC(=O)N[C@@H]3CCc4cc(C(C)(C)C)ccc43)cccc2n1. The fraction of sp³-hybridized carbons (Fsp3) is 0.440. The molecule has 170 valence electrons. The average molecular weight is 437 g/mol. The fourth-order valence-corrected chi connectivity index (χ4v) is 4.31. The normalized spacial score (nSPS) is 16.7. The third-order valence-electron chi connectivity index (χ3n) is 5.99. The molecule has 7 heteroatoms. The van der Waals surface area contributed by atoms with Gasteiger partial charge in [0, 0.05) is 18.7 Å². The van der Waals surface area contributed by atoms with Crippen molar-refractivity contribution in [2.75, 3.05) is 19.0 Å². The zero-order chi connectivity index (χ0) is 22.9. The summed E-state index contributed by atoms with van der Waals surface area (Å²) in [6, 6.07) is 12.0. The molecule has 0 saturated heterocycles. The van der Waals surface area contributed by atoms with Crippen LogP contribution in [0.15, 0.2) is 42.6 Å². The Morgan fingerprint density at radius 1 is 1.31 bits per heavy atom. The molecule has 0 aliphatic heterocycles. The second kappa shape index (κ2) is 8.92. The molecule has 2 amide bonds. The van der Waals surface area contributed by atoms with Crippen LogP contribution in [0.5, 0.6) is 0 Å². The highest BCUT2D eigenvalue weighted by Crippen LogP contribution is 2.34. The highest BCUT2D eigenvalue weighted by molar-refractivity contribution is 6.00. The van der Waals surface area contributed by atoms with Gasteiger partial charge < -0.3 is 20.5 Å². The van der Waals surface area contributed by atoms with Crippen LogP contribution in [-0.2, 0) is 23.1 Å². The van der Waals surface area contributed by atoms with Crippen molar-refractivity contribution in [2.45, 2.75) is 57.7 Å². The van der Waals surface area contributed by atoms with Crippen LogP contribution in [0, 0.1) is 0 Å². The molecule has 0 fully saturated rings. The molecule has 0 bridgehead atoms. The standard InChI is InChI=1S/C25H32N4O3/c1-25(2,3)17-9-10-19-16(12-17)8-11-22(19)27-24(31)26-21-6-5-7-23-20(21)14-29(28-23)13-18(30)15-32-4/h5-7,9-10,12,14,18,22,30H,8,11,13,15H2,1-4H3,(H2,26,27,31)/t18?,22-/m1/s1. The summed E-state index contributed by atoms with van der Waals surface area (Å²) in [7, 11) is 1.55. The molecule has 0 spiro atoms. The third kappa shape index (κ3) is 4.79. The number of carbonyl (C=O) groups excluding carboxylic acids is 1. The smallest absolute Gasteiger partial charge is 0.319 e. The minimum absolute atomic E-state index is 0.00476. The van der Waals surface area contributed by atoms with Crippen molar-refractivity contribution >= 4 is 22.6 Å². The summed E-state index contributed by atoms with van der Waals surface area (Å²) < 4.78 is 6.66. The summed E-state index contributed by atoms with van der Waals surface area (Å²) in [6.07, 6.45) is 3.06. The van der Waals surface area contributed by atoms with Crippen LogP contribution >= 0.6 is 0 Å². The number of benzene rings is 2. The summed E-state index contributed by atoms with van der Waals surface area (Å²) in [5, 5.41) is 21.4. The highest BCUT2D eigenvalue weighted by atomic mass is 16.5. The van der Waals surface area contributed by atoms with E-state index in [9.17, 15) is 9.90 Å². The molecular weight excluding hydrogens is 404 g/mol. The predicted molar refractivity (Wildman–Crippen MR) is 126 cm³/mol. The molecule has 3 N–H and O–H groups in total. The molecule has 2 aromatic carbocycles. The molecule has 0 radical (unpaired) electrons. The Morgan fingerprint density at radius 2 is 2.12 bits per heavy atom. The van der Waals surface area contributed by atoms with Crippen molar-refractivity contribution in [3.8, 4) is 0 Å². The van der Waals surface area contributed by atoms with Crippen molar-refractivity contribution in [3.63, 3.8) is 0 Å².